The number of anilines is 1. The fraction of sp³-hybridized carbons (Fsp3) is 0.636. The van der Waals surface area contributed by atoms with E-state index in [-0.39, 0.29) is 16.3 Å². The number of nitrogens with two attached hydrogens (primary N) is 1. The maximum Gasteiger partial charge on any atom is 0.243 e. The summed E-state index contributed by atoms with van der Waals surface area (Å²) in [6.45, 7) is 2.60. The lowest BCUT2D eigenvalue weighted by molar-refractivity contribution is 0.449. The van der Waals surface area contributed by atoms with E-state index in [2.05, 4.69) is 27.0 Å². The van der Waals surface area contributed by atoms with Gasteiger partial charge in [0.15, 0.2) is 0 Å². The molecule has 0 atom stereocenters. The van der Waals surface area contributed by atoms with Crippen molar-refractivity contribution in [1.82, 2.24) is 14.7 Å². The Kier molecular flexibility index (Phi) is 4.02. The van der Waals surface area contributed by atoms with E-state index in [1.165, 1.54) is 12.4 Å². The zero-order chi connectivity index (χ0) is 13.9. The highest BCUT2D eigenvalue weighted by atomic mass is 32.2. The predicted molar refractivity (Wildman–Crippen MR) is 71.6 cm³/mol. The molecule has 1 aliphatic carbocycles. The third-order valence-electron chi connectivity index (χ3n) is 3.44. The Hall–Kier alpha value is -1.25. The van der Waals surface area contributed by atoms with Crippen LogP contribution >= 0.6 is 0 Å². The van der Waals surface area contributed by atoms with Crippen molar-refractivity contribution < 1.29 is 8.42 Å². The fourth-order valence-corrected chi connectivity index (χ4v) is 3.13. The second kappa shape index (κ2) is 5.40. The second-order valence-electron chi connectivity index (χ2n) is 4.96. The van der Waals surface area contributed by atoms with Crippen molar-refractivity contribution in [2.24, 2.45) is 11.3 Å². The average molecular weight is 285 g/mol. The summed E-state index contributed by atoms with van der Waals surface area (Å²) in [5.74, 6) is 5.31. The molecule has 8 heteroatoms. The first kappa shape index (κ1) is 14.2. The smallest absolute Gasteiger partial charge is 0.243 e. The highest BCUT2D eigenvalue weighted by Gasteiger charge is 2.42. The third-order valence-corrected chi connectivity index (χ3v) is 4.80. The molecule has 7 nitrogen and oxygen atoms in total. The molecule has 1 aromatic rings. The first-order valence-electron chi connectivity index (χ1n) is 6.30. The standard InChI is InChI=1S/C11H19N5O2S/c1-2-3-11(4-5-11)8-15-19(17,18)9-6-13-10(16-12)14-7-9/h6-7,15H,2-5,8,12H2,1H3,(H,13,14,16). The summed E-state index contributed by atoms with van der Waals surface area (Å²) in [7, 11) is -3.54. The quantitative estimate of drug-likeness (QED) is 0.500. The topological polar surface area (TPSA) is 110 Å². The fourth-order valence-electron chi connectivity index (χ4n) is 2.08. The molecular formula is C11H19N5O2S. The maximum atomic E-state index is 12.1. The van der Waals surface area contributed by atoms with Crippen LogP contribution in [0, 0.1) is 5.41 Å². The Morgan fingerprint density at radius 2 is 2.00 bits per heavy atom. The summed E-state index contributed by atoms with van der Waals surface area (Å²) in [5, 5.41) is 0. The molecule has 1 saturated carbocycles. The number of rotatable bonds is 7. The van der Waals surface area contributed by atoms with Gasteiger partial charge in [-0.2, -0.15) is 0 Å². The molecule has 0 bridgehead atoms. The van der Waals surface area contributed by atoms with Gasteiger partial charge in [0.1, 0.15) is 4.90 Å². The van der Waals surface area contributed by atoms with Gasteiger partial charge in [-0.05, 0) is 24.7 Å². The van der Waals surface area contributed by atoms with Gasteiger partial charge < -0.3 is 0 Å². The van der Waals surface area contributed by atoms with Gasteiger partial charge >= 0.3 is 0 Å². The van der Waals surface area contributed by atoms with Gasteiger partial charge in [-0.3, -0.25) is 5.43 Å². The first-order valence-corrected chi connectivity index (χ1v) is 7.78. The van der Waals surface area contributed by atoms with Crippen LogP contribution in [0.3, 0.4) is 0 Å². The van der Waals surface area contributed by atoms with E-state index in [9.17, 15) is 8.42 Å². The molecule has 0 aromatic carbocycles. The van der Waals surface area contributed by atoms with Gasteiger partial charge in [-0.1, -0.05) is 13.3 Å². The van der Waals surface area contributed by atoms with Crippen LogP contribution in [-0.2, 0) is 10.0 Å². The Morgan fingerprint density at radius 1 is 1.37 bits per heavy atom. The number of hydrogen-bond donors (Lipinski definition) is 3. The van der Waals surface area contributed by atoms with E-state index in [0.29, 0.717) is 6.54 Å². The minimum atomic E-state index is -3.54. The van der Waals surface area contributed by atoms with Gasteiger partial charge in [-0.25, -0.2) is 29.0 Å². The van der Waals surface area contributed by atoms with Gasteiger partial charge in [0.25, 0.3) is 0 Å². The molecular weight excluding hydrogens is 266 g/mol. The number of nitrogens with one attached hydrogen (secondary N) is 2. The number of nitrogens with zero attached hydrogens (tertiary/aromatic N) is 2. The van der Waals surface area contributed by atoms with Crippen molar-refractivity contribution in [2.75, 3.05) is 12.0 Å². The molecule has 4 N–H and O–H groups in total. The number of sulfonamides is 1. The normalized spacial score (nSPS) is 17.2. The lowest BCUT2D eigenvalue weighted by atomic mass is 10.0. The minimum Gasteiger partial charge on any atom is -0.292 e. The Bertz CT molecular complexity index is 525. The molecule has 1 heterocycles. The summed E-state index contributed by atoms with van der Waals surface area (Å²) in [5.41, 5.74) is 2.42. The molecule has 0 unspecified atom stereocenters. The highest BCUT2D eigenvalue weighted by molar-refractivity contribution is 7.89. The summed E-state index contributed by atoms with van der Waals surface area (Å²) in [6, 6.07) is 0. The van der Waals surface area contributed by atoms with Gasteiger partial charge in [0.05, 0.1) is 12.4 Å². The molecule has 2 rings (SSSR count). The zero-order valence-corrected chi connectivity index (χ0v) is 11.7. The zero-order valence-electron chi connectivity index (χ0n) is 10.9. The van der Waals surface area contributed by atoms with Crippen molar-refractivity contribution in [1.29, 1.82) is 0 Å². The lowest BCUT2D eigenvalue weighted by Crippen LogP contribution is -2.30. The number of hydrazine groups is 1. The number of hydrogen-bond acceptors (Lipinski definition) is 6. The number of nitrogen functional groups attached to an aromatic ring is 1. The average Bonchev–Trinajstić information content (AvgIpc) is 3.18. The molecule has 0 spiro atoms. The number of aromatic nitrogens is 2. The van der Waals surface area contributed by atoms with Crippen molar-refractivity contribution in [3.05, 3.63) is 12.4 Å². The van der Waals surface area contributed by atoms with Gasteiger partial charge in [0.2, 0.25) is 16.0 Å². The van der Waals surface area contributed by atoms with E-state index >= 15 is 0 Å². The second-order valence-corrected chi connectivity index (χ2v) is 6.73. The molecule has 0 radical (unpaired) electrons. The molecule has 19 heavy (non-hydrogen) atoms. The maximum absolute atomic E-state index is 12.1. The van der Waals surface area contributed by atoms with E-state index < -0.39 is 10.0 Å². The van der Waals surface area contributed by atoms with Crippen molar-refractivity contribution in [2.45, 2.75) is 37.5 Å². The third kappa shape index (κ3) is 3.40. The molecule has 1 aliphatic rings. The van der Waals surface area contributed by atoms with Gasteiger partial charge in [0, 0.05) is 6.54 Å². The predicted octanol–water partition coefficient (Wildman–Crippen LogP) is 0.621. The first-order chi connectivity index (χ1) is 9.01. The molecule has 0 aliphatic heterocycles. The summed E-state index contributed by atoms with van der Waals surface area (Å²) < 4.78 is 26.8. The summed E-state index contributed by atoms with van der Waals surface area (Å²) in [4.78, 5) is 7.64. The molecule has 0 saturated heterocycles. The Labute approximate surface area is 113 Å². The van der Waals surface area contributed by atoms with Crippen LogP contribution < -0.4 is 16.0 Å². The van der Waals surface area contributed by atoms with Crippen LogP contribution in [-0.4, -0.2) is 24.9 Å². The van der Waals surface area contributed by atoms with Crippen molar-refractivity contribution in [3.63, 3.8) is 0 Å². The van der Waals surface area contributed by atoms with Crippen LogP contribution in [0.25, 0.3) is 0 Å². The van der Waals surface area contributed by atoms with E-state index in [4.69, 9.17) is 5.84 Å². The Morgan fingerprint density at radius 3 is 2.47 bits per heavy atom. The van der Waals surface area contributed by atoms with E-state index in [0.717, 1.165) is 25.7 Å². The van der Waals surface area contributed by atoms with E-state index in [1.807, 2.05) is 0 Å². The molecule has 0 amide bonds. The monoisotopic (exact) mass is 285 g/mol. The van der Waals surface area contributed by atoms with Crippen molar-refractivity contribution in [3.8, 4) is 0 Å². The lowest BCUT2D eigenvalue weighted by Gasteiger charge is -2.14. The van der Waals surface area contributed by atoms with Crippen LogP contribution in [0.15, 0.2) is 17.3 Å². The SMILES string of the molecule is CCCC1(CNS(=O)(=O)c2cnc(NN)nc2)CC1. The Balaban J connectivity index is 2.01. The molecule has 1 aromatic heterocycles. The summed E-state index contributed by atoms with van der Waals surface area (Å²) >= 11 is 0. The van der Waals surface area contributed by atoms with Crippen LogP contribution in [0.4, 0.5) is 5.95 Å². The highest BCUT2D eigenvalue weighted by Crippen LogP contribution is 2.49. The van der Waals surface area contributed by atoms with Gasteiger partial charge in [-0.15, -0.1) is 0 Å². The largest absolute Gasteiger partial charge is 0.292 e. The summed E-state index contributed by atoms with van der Waals surface area (Å²) in [6.07, 6.45) is 6.80. The van der Waals surface area contributed by atoms with E-state index in [1.54, 1.807) is 0 Å². The van der Waals surface area contributed by atoms with Crippen LogP contribution in [0.1, 0.15) is 32.6 Å². The molecule has 1 fully saturated rings. The van der Waals surface area contributed by atoms with Crippen LogP contribution in [0.5, 0.6) is 0 Å². The van der Waals surface area contributed by atoms with Crippen LogP contribution in [0.2, 0.25) is 0 Å². The minimum absolute atomic E-state index is 0.0544. The molecule has 106 valence electrons. The van der Waals surface area contributed by atoms with Crippen molar-refractivity contribution >= 4 is 16.0 Å².